The fourth-order valence-electron chi connectivity index (χ4n) is 2.74. The van der Waals surface area contributed by atoms with E-state index in [4.69, 9.17) is 15.0 Å². The number of ether oxygens (including phenoxy) is 1. The van der Waals surface area contributed by atoms with E-state index in [0.29, 0.717) is 29.8 Å². The molecule has 2 aromatic heterocycles. The van der Waals surface area contributed by atoms with Gasteiger partial charge in [-0.15, -0.1) is 0 Å². The molecule has 0 saturated heterocycles. The summed E-state index contributed by atoms with van der Waals surface area (Å²) < 4.78 is 11.2. The van der Waals surface area contributed by atoms with Crippen molar-refractivity contribution >= 4 is 5.82 Å². The maximum atomic E-state index is 5.92. The quantitative estimate of drug-likeness (QED) is 0.921. The Morgan fingerprint density at radius 1 is 1.30 bits per heavy atom. The van der Waals surface area contributed by atoms with Crippen LogP contribution in [0.1, 0.15) is 38.4 Å². The fraction of sp³-hybridized carbons (Fsp3) is 0.500. The van der Waals surface area contributed by atoms with Crippen molar-refractivity contribution in [1.82, 2.24) is 15.1 Å². The van der Waals surface area contributed by atoms with Gasteiger partial charge < -0.3 is 15.0 Å². The first-order chi connectivity index (χ1) is 9.73. The highest BCUT2D eigenvalue weighted by Crippen LogP contribution is 2.41. The Kier molecular flexibility index (Phi) is 3.40. The van der Waals surface area contributed by atoms with Gasteiger partial charge in [-0.2, -0.15) is 4.98 Å². The van der Waals surface area contributed by atoms with Crippen LogP contribution < -0.4 is 5.73 Å². The molecule has 0 atom stereocenters. The average Bonchev–Trinajstić information content (AvgIpc) is 3.08. The number of rotatable bonds is 4. The van der Waals surface area contributed by atoms with Crippen LogP contribution in [0.5, 0.6) is 0 Å². The molecule has 3 rings (SSSR count). The lowest BCUT2D eigenvalue weighted by Crippen LogP contribution is -2.27. The highest BCUT2D eigenvalue weighted by Gasteiger charge is 2.41. The Morgan fingerprint density at radius 2 is 2.10 bits per heavy atom. The van der Waals surface area contributed by atoms with E-state index < -0.39 is 5.60 Å². The Bertz CT molecular complexity index is 590. The summed E-state index contributed by atoms with van der Waals surface area (Å²) in [6.07, 6.45) is 4.12. The molecular formula is C14H18N4O2. The Labute approximate surface area is 117 Å². The van der Waals surface area contributed by atoms with Crippen molar-refractivity contribution in [3.05, 3.63) is 24.0 Å². The van der Waals surface area contributed by atoms with Gasteiger partial charge in [-0.25, -0.2) is 4.98 Å². The summed E-state index contributed by atoms with van der Waals surface area (Å²) in [5.41, 5.74) is 5.87. The summed E-state index contributed by atoms with van der Waals surface area (Å²) in [7, 11) is 0. The zero-order valence-electron chi connectivity index (χ0n) is 11.5. The zero-order valence-corrected chi connectivity index (χ0v) is 11.5. The number of nitrogens with two attached hydrogens (primary N) is 1. The Hall–Kier alpha value is -1.95. The van der Waals surface area contributed by atoms with Crippen molar-refractivity contribution in [3.63, 3.8) is 0 Å². The molecule has 6 nitrogen and oxygen atoms in total. The molecule has 1 saturated carbocycles. The first-order valence-corrected chi connectivity index (χ1v) is 6.94. The van der Waals surface area contributed by atoms with Crippen molar-refractivity contribution in [2.24, 2.45) is 0 Å². The number of hydrogen-bond donors (Lipinski definition) is 1. The van der Waals surface area contributed by atoms with Gasteiger partial charge in [0.05, 0.1) is 0 Å². The van der Waals surface area contributed by atoms with Crippen LogP contribution in [-0.2, 0) is 10.3 Å². The van der Waals surface area contributed by atoms with E-state index in [0.717, 1.165) is 25.7 Å². The van der Waals surface area contributed by atoms with E-state index in [-0.39, 0.29) is 0 Å². The summed E-state index contributed by atoms with van der Waals surface area (Å²) in [5.74, 6) is 1.44. The van der Waals surface area contributed by atoms with Crippen LogP contribution in [0.2, 0.25) is 0 Å². The van der Waals surface area contributed by atoms with Crippen LogP contribution >= 0.6 is 0 Å². The van der Waals surface area contributed by atoms with Crippen molar-refractivity contribution in [2.75, 3.05) is 12.3 Å². The highest BCUT2D eigenvalue weighted by molar-refractivity contribution is 5.50. The second-order valence-electron chi connectivity index (χ2n) is 5.01. The molecule has 2 N–H and O–H groups in total. The van der Waals surface area contributed by atoms with E-state index in [1.165, 1.54) is 0 Å². The predicted molar refractivity (Wildman–Crippen MR) is 73.7 cm³/mol. The summed E-state index contributed by atoms with van der Waals surface area (Å²) in [5, 5.41) is 4.10. The number of nitrogens with zero attached hydrogens (tertiary/aromatic N) is 3. The van der Waals surface area contributed by atoms with Crippen LogP contribution in [0.25, 0.3) is 11.6 Å². The maximum Gasteiger partial charge on any atom is 0.276 e. The van der Waals surface area contributed by atoms with Gasteiger partial charge in [-0.1, -0.05) is 11.2 Å². The Balaban J connectivity index is 1.93. The van der Waals surface area contributed by atoms with Crippen LogP contribution in [-0.4, -0.2) is 21.7 Å². The second-order valence-corrected chi connectivity index (χ2v) is 5.01. The first-order valence-electron chi connectivity index (χ1n) is 6.94. The normalized spacial score (nSPS) is 17.4. The summed E-state index contributed by atoms with van der Waals surface area (Å²) >= 11 is 0. The van der Waals surface area contributed by atoms with Crippen LogP contribution in [0.15, 0.2) is 22.7 Å². The van der Waals surface area contributed by atoms with Gasteiger partial charge in [0, 0.05) is 6.61 Å². The largest absolute Gasteiger partial charge is 0.384 e. The monoisotopic (exact) mass is 274 g/mol. The molecule has 6 heteroatoms. The summed E-state index contributed by atoms with van der Waals surface area (Å²) in [6, 6.07) is 5.34. The Morgan fingerprint density at radius 3 is 2.80 bits per heavy atom. The van der Waals surface area contributed by atoms with Gasteiger partial charge in [0.2, 0.25) is 5.82 Å². The number of pyridine rings is 1. The number of nitrogen functional groups attached to an aromatic ring is 1. The first kappa shape index (κ1) is 13.1. The van der Waals surface area contributed by atoms with E-state index >= 15 is 0 Å². The van der Waals surface area contributed by atoms with Crippen LogP contribution in [0.3, 0.4) is 0 Å². The van der Waals surface area contributed by atoms with E-state index in [1.54, 1.807) is 12.1 Å². The maximum absolute atomic E-state index is 5.92. The van der Waals surface area contributed by atoms with Gasteiger partial charge in [0.25, 0.3) is 5.89 Å². The minimum absolute atomic E-state index is 0.387. The number of hydrogen-bond acceptors (Lipinski definition) is 6. The molecule has 0 aliphatic heterocycles. The summed E-state index contributed by atoms with van der Waals surface area (Å²) in [4.78, 5) is 8.67. The highest BCUT2D eigenvalue weighted by atomic mass is 16.5. The zero-order chi connectivity index (χ0) is 14.0. The molecule has 1 aliphatic carbocycles. The minimum Gasteiger partial charge on any atom is -0.384 e. The third-order valence-corrected chi connectivity index (χ3v) is 3.66. The third-order valence-electron chi connectivity index (χ3n) is 3.66. The smallest absolute Gasteiger partial charge is 0.276 e. The standard InChI is InChI=1S/C14H18N4O2/c1-2-19-14(8-3-4-9-14)13-17-12(20-18-13)10-6-5-7-11(15)16-10/h5-7H,2-4,8-9H2,1H3,(H2,15,16). The molecule has 1 fully saturated rings. The van der Waals surface area contributed by atoms with Crippen LogP contribution in [0, 0.1) is 0 Å². The van der Waals surface area contributed by atoms with E-state index in [1.807, 2.05) is 13.0 Å². The van der Waals surface area contributed by atoms with Crippen molar-refractivity contribution < 1.29 is 9.26 Å². The topological polar surface area (TPSA) is 87.1 Å². The minimum atomic E-state index is -0.392. The van der Waals surface area contributed by atoms with Gasteiger partial charge in [-0.3, -0.25) is 0 Å². The third kappa shape index (κ3) is 2.27. The molecule has 0 spiro atoms. The second kappa shape index (κ2) is 5.20. The van der Waals surface area contributed by atoms with E-state index in [2.05, 4.69) is 15.1 Å². The molecule has 106 valence electrons. The summed E-state index contributed by atoms with van der Waals surface area (Å²) in [6.45, 7) is 2.63. The number of aromatic nitrogens is 3. The van der Waals surface area contributed by atoms with Crippen molar-refractivity contribution in [3.8, 4) is 11.6 Å². The van der Waals surface area contributed by atoms with Crippen molar-refractivity contribution in [2.45, 2.75) is 38.2 Å². The lowest BCUT2D eigenvalue weighted by molar-refractivity contribution is -0.0469. The SMILES string of the molecule is CCOC1(c2noc(-c3cccc(N)n3)n2)CCCC1. The molecule has 0 aromatic carbocycles. The molecule has 0 unspecified atom stereocenters. The fourth-order valence-corrected chi connectivity index (χ4v) is 2.74. The molecular weight excluding hydrogens is 256 g/mol. The molecule has 2 aromatic rings. The molecule has 2 heterocycles. The molecule has 20 heavy (non-hydrogen) atoms. The molecule has 0 radical (unpaired) electrons. The lowest BCUT2D eigenvalue weighted by Gasteiger charge is -2.24. The predicted octanol–water partition coefficient (Wildman–Crippen LogP) is 2.52. The molecule has 0 amide bonds. The van der Waals surface area contributed by atoms with Gasteiger partial charge in [-0.05, 0) is 44.7 Å². The lowest BCUT2D eigenvalue weighted by atomic mass is 10.0. The van der Waals surface area contributed by atoms with Crippen LogP contribution in [0.4, 0.5) is 5.82 Å². The number of anilines is 1. The average molecular weight is 274 g/mol. The van der Waals surface area contributed by atoms with Gasteiger partial charge >= 0.3 is 0 Å². The van der Waals surface area contributed by atoms with E-state index in [9.17, 15) is 0 Å². The van der Waals surface area contributed by atoms with Crippen molar-refractivity contribution in [1.29, 1.82) is 0 Å². The molecule has 1 aliphatic rings. The molecule has 0 bridgehead atoms. The van der Waals surface area contributed by atoms with Gasteiger partial charge in [0.1, 0.15) is 17.1 Å². The van der Waals surface area contributed by atoms with Gasteiger partial charge in [0.15, 0.2) is 0 Å².